The van der Waals surface area contributed by atoms with Gasteiger partial charge in [0.15, 0.2) is 5.11 Å². The maximum atomic E-state index is 12.8. The summed E-state index contributed by atoms with van der Waals surface area (Å²) in [6, 6.07) is 22.0. The van der Waals surface area contributed by atoms with Crippen molar-refractivity contribution in [3.05, 3.63) is 106 Å². The fourth-order valence-electron chi connectivity index (χ4n) is 3.54. The van der Waals surface area contributed by atoms with Gasteiger partial charge in [0.2, 0.25) is 0 Å². The van der Waals surface area contributed by atoms with Crippen LogP contribution in [0.25, 0.3) is 10.9 Å². The third-order valence-corrected chi connectivity index (χ3v) is 5.65. The van der Waals surface area contributed by atoms with Gasteiger partial charge in [-0.2, -0.15) is 0 Å². The molecule has 4 rings (SSSR count). The van der Waals surface area contributed by atoms with Gasteiger partial charge in [-0.25, -0.2) is 0 Å². The summed E-state index contributed by atoms with van der Waals surface area (Å²) in [4.78, 5) is 17.8. The molecule has 31 heavy (non-hydrogen) atoms. The Kier molecular flexibility index (Phi) is 6.48. The number of aromatic nitrogens is 1. The van der Waals surface area contributed by atoms with Gasteiger partial charge in [0.05, 0.1) is 19.4 Å². The molecule has 2 aromatic heterocycles. The molecule has 0 spiro atoms. The molecule has 0 saturated heterocycles. The molecule has 0 aliphatic rings. The lowest BCUT2D eigenvalue weighted by atomic mass is 10.1. The van der Waals surface area contributed by atoms with Crippen LogP contribution in [0.4, 0.5) is 0 Å². The summed E-state index contributed by atoms with van der Waals surface area (Å²) in [6.07, 6.45) is 2.59. The number of furan rings is 1. The number of hydrogen-bond acceptors (Lipinski definition) is 3. The Morgan fingerprint density at radius 1 is 1.03 bits per heavy atom. The third-order valence-electron chi connectivity index (χ3n) is 5.25. The first-order valence-electron chi connectivity index (χ1n) is 10.4. The van der Waals surface area contributed by atoms with Gasteiger partial charge in [0, 0.05) is 17.6 Å². The van der Waals surface area contributed by atoms with E-state index >= 15 is 0 Å². The Morgan fingerprint density at radius 2 is 1.87 bits per heavy atom. The minimum atomic E-state index is -0.0938. The van der Waals surface area contributed by atoms with E-state index in [0.29, 0.717) is 30.3 Å². The molecular weight excluding hydrogens is 406 g/mol. The molecule has 4 aromatic rings. The second-order valence-corrected chi connectivity index (χ2v) is 7.87. The molecule has 0 aliphatic carbocycles. The van der Waals surface area contributed by atoms with Crippen LogP contribution in [-0.2, 0) is 26.1 Å². The third kappa shape index (κ3) is 5.22. The van der Waals surface area contributed by atoms with Crippen LogP contribution in [0.5, 0.6) is 0 Å². The maximum absolute atomic E-state index is 12.8. The van der Waals surface area contributed by atoms with Gasteiger partial charge in [-0.3, -0.25) is 4.79 Å². The van der Waals surface area contributed by atoms with E-state index in [-0.39, 0.29) is 5.56 Å². The predicted molar refractivity (Wildman–Crippen MR) is 128 cm³/mol. The standard InChI is InChI=1S/C25H25N3O2S/c1-2-18-10-11-23-20(13-18)14-21(24(29)27-23)17-28(16-19-7-4-3-5-8-19)25(31)26-15-22-9-6-12-30-22/h3-14H,2,15-17H2,1H3,(H,26,31)(H,27,29). The molecule has 5 nitrogen and oxygen atoms in total. The summed E-state index contributed by atoms with van der Waals surface area (Å²) in [6.45, 7) is 3.61. The second-order valence-electron chi connectivity index (χ2n) is 7.48. The average Bonchev–Trinajstić information content (AvgIpc) is 3.31. The molecule has 158 valence electrons. The largest absolute Gasteiger partial charge is 0.467 e. The van der Waals surface area contributed by atoms with E-state index < -0.39 is 0 Å². The smallest absolute Gasteiger partial charge is 0.253 e. The topological polar surface area (TPSA) is 61.3 Å². The quantitative estimate of drug-likeness (QED) is 0.413. The van der Waals surface area contributed by atoms with Crippen LogP contribution in [0.2, 0.25) is 0 Å². The van der Waals surface area contributed by atoms with E-state index in [1.54, 1.807) is 6.26 Å². The van der Waals surface area contributed by atoms with Crippen molar-refractivity contribution in [2.45, 2.75) is 33.0 Å². The van der Waals surface area contributed by atoms with Crippen molar-refractivity contribution in [3.8, 4) is 0 Å². The molecule has 2 aromatic carbocycles. The van der Waals surface area contributed by atoms with Gasteiger partial charge in [0.1, 0.15) is 5.76 Å². The van der Waals surface area contributed by atoms with Crippen molar-refractivity contribution in [1.82, 2.24) is 15.2 Å². The van der Waals surface area contributed by atoms with Crippen molar-refractivity contribution in [1.29, 1.82) is 0 Å². The highest BCUT2D eigenvalue weighted by Gasteiger charge is 2.14. The molecule has 0 saturated carbocycles. The minimum Gasteiger partial charge on any atom is -0.467 e. The Morgan fingerprint density at radius 3 is 2.61 bits per heavy atom. The number of rotatable bonds is 7. The number of benzene rings is 2. The minimum absolute atomic E-state index is 0.0938. The van der Waals surface area contributed by atoms with Gasteiger partial charge in [0.25, 0.3) is 5.56 Å². The average molecular weight is 432 g/mol. The molecule has 0 radical (unpaired) electrons. The lowest BCUT2D eigenvalue weighted by Crippen LogP contribution is -2.39. The lowest BCUT2D eigenvalue weighted by molar-refractivity contribution is 0.393. The number of aromatic amines is 1. The highest BCUT2D eigenvalue weighted by atomic mass is 32.1. The van der Waals surface area contributed by atoms with Crippen LogP contribution in [0.15, 0.2) is 82.2 Å². The zero-order valence-electron chi connectivity index (χ0n) is 17.4. The van der Waals surface area contributed by atoms with Crippen molar-refractivity contribution < 1.29 is 4.42 Å². The zero-order chi connectivity index (χ0) is 21.6. The molecule has 2 heterocycles. The van der Waals surface area contributed by atoms with Crippen molar-refractivity contribution in [3.63, 3.8) is 0 Å². The van der Waals surface area contributed by atoms with E-state index in [9.17, 15) is 4.79 Å². The molecule has 6 heteroatoms. The lowest BCUT2D eigenvalue weighted by Gasteiger charge is -2.26. The van der Waals surface area contributed by atoms with E-state index in [4.69, 9.17) is 16.6 Å². The molecule has 0 bridgehead atoms. The summed E-state index contributed by atoms with van der Waals surface area (Å²) in [7, 11) is 0. The van der Waals surface area contributed by atoms with Gasteiger partial charge in [-0.1, -0.05) is 43.3 Å². The fourth-order valence-corrected chi connectivity index (χ4v) is 3.74. The number of thiocarbonyl (C=S) groups is 1. The van der Waals surface area contributed by atoms with Crippen molar-refractivity contribution >= 4 is 28.2 Å². The zero-order valence-corrected chi connectivity index (χ0v) is 18.2. The summed E-state index contributed by atoms with van der Waals surface area (Å²) in [5, 5.41) is 4.85. The molecule has 0 atom stereocenters. The first kappa shape index (κ1) is 20.9. The van der Waals surface area contributed by atoms with Gasteiger partial charge < -0.3 is 19.6 Å². The fraction of sp³-hybridized carbons (Fsp3) is 0.200. The van der Waals surface area contributed by atoms with Crippen LogP contribution in [0.1, 0.15) is 29.4 Å². The van der Waals surface area contributed by atoms with Gasteiger partial charge in [-0.15, -0.1) is 0 Å². The molecule has 0 amide bonds. The summed E-state index contributed by atoms with van der Waals surface area (Å²) < 4.78 is 5.39. The van der Waals surface area contributed by atoms with Gasteiger partial charge >= 0.3 is 0 Å². The van der Waals surface area contributed by atoms with Crippen LogP contribution >= 0.6 is 12.2 Å². The Hall–Kier alpha value is -3.38. The van der Waals surface area contributed by atoms with Crippen LogP contribution < -0.4 is 10.9 Å². The second kappa shape index (κ2) is 9.62. The highest BCUT2D eigenvalue weighted by molar-refractivity contribution is 7.80. The molecule has 0 fully saturated rings. The van der Waals surface area contributed by atoms with Crippen molar-refractivity contribution in [2.75, 3.05) is 0 Å². The molecule has 0 aliphatic heterocycles. The van der Waals surface area contributed by atoms with E-state index in [0.717, 1.165) is 28.6 Å². The van der Waals surface area contributed by atoms with Gasteiger partial charge in [-0.05, 0) is 65.5 Å². The number of nitrogens with one attached hydrogen (secondary N) is 2. The number of aryl methyl sites for hydroxylation is 1. The number of hydrogen-bond donors (Lipinski definition) is 2. The number of H-pyrrole nitrogens is 1. The summed E-state index contributed by atoms with van der Waals surface area (Å²) in [5.41, 5.74) is 3.79. The number of nitrogens with zero attached hydrogens (tertiary/aromatic N) is 1. The van der Waals surface area contributed by atoms with Crippen molar-refractivity contribution in [2.24, 2.45) is 0 Å². The Bertz CT molecular complexity index is 1220. The van der Waals surface area contributed by atoms with E-state index in [1.165, 1.54) is 5.56 Å². The maximum Gasteiger partial charge on any atom is 0.253 e. The normalized spacial score (nSPS) is 10.9. The summed E-state index contributed by atoms with van der Waals surface area (Å²) >= 11 is 5.69. The predicted octanol–water partition coefficient (Wildman–Crippen LogP) is 4.76. The SMILES string of the molecule is CCc1ccc2[nH]c(=O)c(CN(Cc3ccccc3)C(=S)NCc3ccco3)cc2c1. The highest BCUT2D eigenvalue weighted by Crippen LogP contribution is 2.16. The van der Waals surface area contributed by atoms with E-state index in [1.807, 2.05) is 53.4 Å². The van der Waals surface area contributed by atoms with Crippen LogP contribution in [0.3, 0.4) is 0 Å². The number of pyridine rings is 1. The van der Waals surface area contributed by atoms with E-state index in [2.05, 4.69) is 35.4 Å². The first-order chi connectivity index (χ1) is 15.1. The van der Waals surface area contributed by atoms with Crippen LogP contribution in [-0.4, -0.2) is 15.0 Å². The first-order valence-corrected chi connectivity index (χ1v) is 10.8. The monoisotopic (exact) mass is 431 g/mol. The Balaban J connectivity index is 1.60. The summed E-state index contributed by atoms with van der Waals surface area (Å²) in [5.74, 6) is 0.803. The Labute approximate surface area is 186 Å². The molecule has 0 unspecified atom stereocenters. The van der Waals surface area contributed by atoms with Crippen LogP contribution in [0, 0.1) is 0 Å². The molecule has 2 N–H and O–H groups in total. The molecular formula is C25H25N3O2S. The number of fused-ring (bicyclic) bond motifs is 1.